The highest BCUT2D eigenvalue weighted by atomic mass is 32.2. The van der Waals surface area contributed by atoms with Gasteiger partial charge in [-0.2, -0.15) is 4.98 Å². The van der Waals surface area contributed by atoms with E-state index in [-0.39, 0.29) is 0 Å². The fourth-order valence-electron chi connectivity index (χ4n) is 4.16. The first kappa shape index (κ1) is 21.6. The SMILES string of the molecule is COc1ccc(-c2nnc(SCc3nc(-c4ccco4)no3)n2C2CCCCC2)cc1OC. The molecule has 0 radical (unpaired) electrons. The second-order valence-electron chi connectivity index (χ2n) is 7.82. The molecule has 0 saturated heterocycles. The van der Waals surface area contributed by atoms with Gasteiger partial charge in [0, 0.05) is 11.6 Å². The van der Waals surface area contributed by atoms with Crippen LogP contribution in [0.5, 0.6) is 11.5 Å². The van der Waals surface area contributed by atoms with Gasteiger partial charge in [-0.25, -0.2) is 0 Å². The lowest BCUT2D eigenvalue weighted by Gasteiger charge is -2.25. The molecular formula is C23H25N5O4S. The third-order valence-electron chi connectivity index (χ3n) is 5.78. The van der Waals surface area contributed by atoms with Crippen molar-refractivity contribution in [3.05, 3.63) is 42.5 Å². The Morgan fingerprint density at radius 2 is 1.91 bits per heavy atom. The van der Waals surface area contributed by atoms with Crippen LogP contribution in [0.25, 0.3) is 23.0 Å². The molecule has 0 spiro atoms. The molecule has 1 aliphatic carbocycles. The van der Waals surface area contributed by atoms with E-state index in [1.165, 1.54) is 19.3 Å². The predicted octanol–water partition coefficient (Wildman–Crippen LogP) is 5.40. The van der Waals surface area contributed by atoms with Gasteiger partial charge in [0.1, 0.15) is 0 Å². The molecule has 1 saturated carbocycles. The zero-order chi connectivity index (χ0) is 22.6. The Kier molecular flexibility index (Phi) is 6.34. The molecule has 3 aromatic heterocycles. The maximum absolute atomic E-state index is 5.51. The van der Waals surface area contributed by atoms with Gasteiger partial charge in [0.25, 0.3) is 0 Å². The lowest BCUT2D eigenvalue weighted by Crippen LogP contribution is -2.15. The summed E-state index contributed by atoms with van der Waals surface area (Å²) >= 11 is 1.54. The zero-order valence-electron chi connectivity index (χ0n) is 18.6. The predicted molar refractivity (Wildman–Crippen MR) is 122 cm³/mol. The number of benzene rings is 1. The minimum absolute atomic E-state index is 0.348. The Morgan fingerprint density at radius 3 is 2.67 bits per heavy atom. The summed E-state index contributed by atoms with van der Waals surface area (Å²) in [6, 6.07) is 9.78. The second-order valence-corrected chi connectivity index (χ2v) is 8.76. The highest BCUT2D eigenvalue weighted by Gasteiger charge is 2.25. The molecule has 0 atom stereocenters. The van der Waals surface area contributed by atoms with Crippen LogP contribution in [-0.4, -0.2) is 39.1 Å². The molecule has 1 aliphatic rings. The molecular weight excluding hydrogens is 442 g/mol. The number of hydrogen-bond donors (Lipinski definition) is 0. The standard InChI is InChI=1S/C23H25N5O4S/c1-29-17-11-10-15(13-19(17)30-2)22-25-26-23(28(22)16-7-4-3-5-8-16)33-14-20-24-21(27-32-20)18-9-6-12-31-18/h6,9-13,16H,3-5,7-8,14H2,1-2H3. The molecule has 9 nitrogen and oxygen atoms in total. The fraction of sp³-hybridized carbons (Fsp3) is 0.391. The van der Waals surface area contributed by atoms with E-state index in [1.807, 2.05) is 18.2 Å². The van der Waals surface area contributed by atoms with Gasteiger partial charge in [0.2, 0.25) is 11.7 Å². The number of ether oxygens (including phenoxy) is 2. The van der Waals surface area contributed by atoms with Gasteiger partial charge in [-0.05, 0) is 43.2 Å². The minimum Gasteiger partial charge on any atom is -0.493 e. The van der Waals surface area contributed by atoms with Crippen molar-refractivity contribution in [1.82, 2.24) is 24.9 Å². The monoisotopic (exact) mass is 467 g/mol. The number of nitrogens with zero attached hydrogens (tertiary/aromatic N) is 5. The lowest BCUT2D eigenvalue weighted by atomic mass is 9.95. The van der Waals surface area contributed by atoms with Crippen LogP contribution in [-0.2, 0) is 5.75 Å². The van der Waals surface area contributed by atoms with Crippen LogP contribution in [0.15, 0.2) is 50.7 Å². The Balaban J connectivity index is 1.43. The van der Waals surface area contributed by atoms with E-state index in [0.29, 0.717) is 40.8 Å². The van der Waals surface area contributed by atoms with Crippen molar-refractivity contribution >= 4 is 11.8 Å². The summed E-state index contributed by atoms with van der Waals surface area (Å²) in [4.78, 5) is 4.44. The van der Waals surface area contributed by atoms with Crippen LogP contribution in [0, 0.1) is 0 Å². The maximum Gasteiger partial charge on any atom is 0.238 e. The number of thioether (sulfide) groups is 1. The van der Waals surface area contributed by atoms with Gasteiger partial charge < -0.3 is 18.4 Å². The molecule has 4 aromatic rings. The molecule has 10 heteroatoms. The molecule has 0 N–H and O–H groups in total. The van der Waals surface area contributed by atoms with E-state index in [4.69, 9.17) is 18.4 Å². The first-order valence-corrected chi connectivity index (χ1v) is 11.9. The van der Waals surface area contributed by atoms with Crippen LogP contribution in [0.3, 0.4) is 0 Å². The second kappa shape index (κ2) is 9.70. The third-order valence-corrected chi connectivity index (χ3v) is 6.71. The van der Waals surface area contributed by atoms with Crippen molar-refractivity contribution in [1.29, 1.82) is 0 Å². The first-order chi connectivity index (χ1) is 16.3. The number of furan rings is 1. The van der Waals surface area contributed by atoms with E-state index in [9.17, 15) is 0 Å². The van der Waals surface area contributed by atoms with Gasteiger partial charge >= 0.3 is 0 Å². The van der Waals surface area contributed by atoms with E-state index < -0.39 is 0 Å². The smallest absolute Gasteiger partial charge is 0.238 e. The highest BCUT2D eigenvalue weighted by molar-refractivity contribution is 7.98. The number of aromatic nitrogens is 5. The molecule has 0 amide bonds. The Hall–Kier alpha value is -3.27. The largest absolute Gasteiger partial charge is 0.493 e. The topological polar surface area (TPSA) is 101 Å². The van der Waals surface area contributed by atoms with E-state index >= 15 is 0 Å². The Morgan fingerprint density at radius 1 is 1.06 bits per heavy atom. The highest BCUT2D eigenvalue weighted by Crippen LogP contribution is 2.38. The number of methoxy groups -OCH3 is 2. The normalized spacial score (nSPS) is 14.5. The molecule has 1 fully saturated rings. The van der Waals surface area contributed by atoms with E-state index in [1.54, 1.807) is 44.4 Å². The third kappa shape index (κ3) is 4.47. The van der Waals surface area contributed by atoms with Crippen molar-refractivity contribution in [2.24, 2.45) is 0 Å². The van der Waals surface area contributed by atoms with Gasteiger partial charge in [0.15, 0.2) is 28.2 Å². The summed E-state index contributed by atoms with van der Waals surface area (Å²) < 4.78 is 23.9. The molecule has 0 bridgehead atoms. The average Bonchev–Trinajstić information content (AvgIpc) is 3.63. The van der Waals surface area contributed by atoms with Gasteiger partial charge in [-0.15, -0.1) is 10.2 Å². The van der Waals surface area contributed by atoms with Crippen molar-refractivity contribution in [3.8, 4) is 34.5 Å². The molecule has 0 unspecified atom stereocenters. The lowest BCUT2D eigenvalue weighted by molar-refractivity contribution is 0.338. The quantitative estimate of drug-likeness (QED) is 0.315. The van der Waals surface area contributed by atoms with Gasteiger partial charge in [-0.3, -0.25) is 4.57 Å². The Bertz CT molecular complexity index is 1200. The van der Waals surface area contributed by atoms with Crippen LogP contribution in [0.4, 0.5) is 0 Å². The maximum atomic E-state index is 5.51. The molecule has 1 aromatic carbocycles. The minimum atomic E-state index is 0.348. The number of hydrogen-bond acceptors (Lipinski definition) is 9. The average molecular weight is 468 g/mol. The van der Waals surface area contributed by atoms with Crippen molar-refractivity contribution < 1.29 is 18.4 Å². The van der Waals surface area contributed by atoms with Crippen LogP contribution >= 0.6 is 11.8 Å². The molecule has 5 rings (SSSR count). The van der Waals surface area contributed by atoms with Crippen molar-refractivity contribution in [2.75, 3.05) is 14.2 Å². The van der Waals surface area contributed by atoms with Crippen molar-refractivity contribution in [2.45, 2.75) is 49.1 Å². The van der Waals surface area contributed by atoms with E-state index in [2.05, 4.69) is 24.9 Å². The molecule has 0 aliphatic heterocycles. The van der Waals surface area contributed by atoms with Gasteiger partial charge in [-0.1, -0.05) is 36.2 Å². The Labute approximate surface area is 195 Å². The molecule has 33 heavy (non-hydrogen) atoms. The summed E-state index contributed by atoms with van der Waals surface area (Å²) in [5.41, 5.74) is 0.940. The summed E-state index contributed by atoms with van der Waals surface area (Å²) in [6.07, 6.45) is 7.47. The van der Waals surface area contributed by atoms with Crippen LogP contribution in [0.1, 0.15) is 44.0 Å². The van der Waals surface area contributed by atoms with Gasteiger partial charge in [0.05, 0.1) is 26.2 Å². The summed E-state index contributed by atoms with van der Waals surface area (Å²) in [7, 11) is 3.27. The molecule has 172 valence electrons. The summed E-state index contributed by atoms with van der Waals surface area (Å²) in [5.74, 6) is 4.20. The summed E-state index contributed by atoms with van der Waals surface area (Å²) in [5, 5.41) is 13.9. The first-order valence-electron chi connectivity index (χ1n) is 10.9. The summed E-state index contributed by atoms with van der Waals surface area (Å²) in [6.45, 7) is 0. The van der Waals surface area contributed by atoms with Crippen LogP contribution < -0.4 is 9.47 Å². The fourth-order valence-corrected chi connectivity index (χ4v) is 5.00. The number of rotatable bonds is 8. The van der Waals surface area contributed by atoms with E-state index in [0.717, 1.165) is 29.4 Å². The molecule has 3 heterocycles. The van der Waals surface area contributed by atoms with Crippen molar-refractivity contribution in [3.63, 3.8) is 0 Å². The zero-order valence-corrected chi connectivity index (χ0v) is 19.4. The van der Waals surface area contributed by atoms with Crippen LogP contribution in [0.2, 0.25) is 0 Å².